The third kappa shape index (κ3) is 0.326. The minimum Gasteiger partial charge on any atom is -0.187 e. The van der Waals surface area contributed by atoms with E-state index in [4.69, 9.17) is 0 Å². The summed E-state index contributed by atoms with van der Waals surface area (Å²) < 4.78 is 0. The summed E-state index contributed by atoms with van der Waals surface area (Å²) in [6.45, 7) is 0. The lowest BCUT2D eigenvalue weighted by atomic mass is 9.95. The first-order valence-electron chi connectivity index (χ1n) is 3.53. The first kappa shape index (κ1) is 4.20. The van der Waals surface area contributed by atoms with Crippen LogP contribution < -0.4 is 0 Å². The van der Waals surface area contributed by atoms with E-state index in [-0.39, 0.29) is 0 Å². The number of hydrogen-bond donors (Lipinski definition) is 0. The smallest absolute Gasteiger partial charge is 0.102 e. The highest BCUT2D eigenvalue weighted by Crippen LogP contribution is 2.47. The maximum Gasteiger partial charge on any atom is 0.102 e. The topological polar surface area (TPSA) is 24.7 Å². The second-order valence-electron chi connectivity index (χ2n) is 3.16. The largest absolute Gasteiger partial charge is 0.187 e. The summed E-state index contributed by atoms with van der Waals surface area (Å²) in [4.78, 5) is 0. The van der Waals surface area contributed by atoms with Gasteiger partial charge in [-0.1, -0.05) is 12.2 Å². The molecule has 3 aliphatic rings. The van der Waals surface area contributed by atoms with Gasteiger partial charge in [0.15, 0.2) is 0 Å². The SMILES string of the molecule is C1=C[C@H]2C[C@H]1C1N=N[C@@H]12. The van der Waals surface area contributed by atoms with Crippen LogP contribution in [0.25, 0.3) is 0 Å². The summed E-state index contributed by atoms with van der Waals surface area (Å²) in [6, 6.07) is 1.19. The number of rotatable bonds is 0. The molecule has 0 spiro atoms. The summed E-state index contributed by atoms with van der Waals surface area (Å²) in [5.74, 6) is 1.52. The van der Waals surface area contributed by atoms with E-state index in [0.717, 1.165) is 11.8 Å². The van der Waals surface area contributed by atoms with Crippen molar-refractivity contribution in [1.82, 2.24) is 0 Å². The Kier molecular flexibility index (Phi) is 0.516. The van der Waals surface area contributed by atoms with E-state index in [0.29, 0.717) is 12.1 Å². The molecule has 2 nitrogen and oxygen atoms in total. The van der Waals surface area contributed by atoms with Crippen molar-refractivity contribution in [3.8, 4) is 0 Å². The molecule has 2 bridgehead atoms. The van der Waals surface area contributed by atoms with Crippen molar-refractivity contribution in [2.75, 3.05) is 0 Å². The summed E-state index contributed by atoms with van der Waals surface area (Å²) in [5.41, 5.74) is 0. The third-order valence-electron chi connectivity index (χ3n) is 2.71. The zero-order valence-electron chi connectivity index (χ0n) is 5.07. The summed E-state index contributed by atoms with van der Waals surface area (Å²) in [5, 5.41) is 8.17. The maximum absolute atomic E-state index is 4.09. The highest BCUT2D eigenvalue weighted by atomic mass is 15.3. The normalized spacial score (nSPS) is 57.8. The van der Waals surface area contributed by atoms with Gasteiger partial charge in [0.1, 0.15) is 12.1 Å². The summed E-state index contributed by atoms with van der Waals surface area (Å²) in [6.07, 6.45) is 5.94. The maximum atomic E-state index is 4.09. The number of hydrogen-bond acceptors (Lipinski definition) is 2. The fraction of sp³-hybridized carbons (Fsp3) is 0.714. The molecule has 0 N–H and O–H groups in total. The molecule has 0 aromatic carbocycles. The van der Waals surface area contributed by atoms with Gasteiger partial charge in [-0.3, -0.25) is 0 Å². The number of fused-ring (bicyclic) bond motifs is 5. The minimum atomic E-state index is 0.597. The van der Waals surface area contributed by atoms with Crippen LogP contribution in [0.1, 0.15) is 6.42 Å². The predicted octanol–water partition coefficient (Wildman–Crippen LogP) is 1.40. The lowest BCUT2D eigenvalue weighted by molar-refractivity contribution is 0.379. The van der Waals surface area contributed by atoms with Gasteiger partial charge in [0.25, 0.3) is 0 Å². The zero-order chi connectivity index (χ0) is 5.84. The van der Waals surface area contributed by atoms with Crippen molar-refractivity contribution < 1.29 is 0 Å². The molecular weight excluding hydrogens is 112 g/mol. The molecule has 0 saturated heterocycles. The Morgan fingerprint density at radius 1 is 1.00 bits per heavy atom. The molecule has 46 valence electrons. The molecule has 1 heterocycles. The minimum absolute atomic E-state index is 0.597. The Morgan fingerprint density at radius 2 is 1.56 bits per heavy atom. The molecule has 3 rings (SSSR count). The average molecular weight is 120 g/mol. The quantitative estimate of drug-likeness (QED) is 0.432. The molecule has 2 aliphatic carbocycles. The first-order chi connectivity index (χ1) is 4.45. The van der Waals surface area contributed by atoms with E-state index in [2.05, 4.69) is 22.4 Å². The Hall–Kier alpha value is -0.660. The van der Waals surface area contributed by atoms with Crippen LogP contribution in [0.4, 0.5) is 0 Å². The fourth-order valence-electron chi connectivity index (χ4n) is 2.16. The first-order valence-corrected chi connectivity index (χ1v) is 3.53. The van der Waals surface area contributed by atoms with E-state index >= 15 is 0 Å². The van der Waals surface area contributed by atoms with Crippen molar-refractivity contribution in [3.63, 3.8) is 0 Å². The summed E-state index contributed by atoms with van der Waals surface area (Å²) >= 11 is 0. The molecule has 0 radical (unpaired) electrons. The highest BCUT2D eigenvalue weighted by Gasteiger charge is 2.49. The molecule has 2 heteroatoms. The third-order valence-corrected chi connectivity index (χ3v) is 2.71. The summed E-state index contributed by atoms with van der Waals surface area (Å²) in [7, 11) is 0. The van der Waals surface area contributed by atoms with Gasteiger partial charge in [0.05, 0.1) is 0 Å². The molecule has 0 amide bonds. The molecule has 1 aliphatic heterocycles. The van der Waals surface area contributed by atoms with E-state index in [1.54, 1.807) is 0 Å². The molecule has 0 aromatic heterocycles. The molecule has 1 fully saturated rings. The van der Waals surface area contributed by atoms with Gasteiger partial charge in [-0.05, 0) is 6.42 Å². The van der Waals surface area contributed by atoms with E-state index in [9.17, 15) is 0 Å². The van der Waals surface area contributed by atoms with E-state index in [1.807, 2.05) is 0 Å². The highest BCUT2D eigenvalue weighted by molar-refractivity contribution is 5.21. The predicted molar refractivity (Wildman–Crippen MR) is 33.2 cm³/mol. The Morgan fingerprint density at radius 3 is 1.89 bits per heavy atom. The lowest BCUT2D eigenvalue weighted by Gasteiger charge is -2.26. The van der Waals surface area contributed by atoms with Crippen LogP contribution in [0.3, 0.4) is 0 Å². The van der Waals surface area contributed by atoms with Gasteiger partial charge in [-0.15, -0.1) is 0 Å². The fourth-order valence-corrected chi connectivity index (χ4v) is 2.16. The van der Waals surface area contributed by atoms with Crippen LogP contribution in [0.2, 0.25) is 0 Å². The standard InChI is InChI=1S/C7H8N2/c1-2-5-3-4(1)6-7(5)9-8-6/h1-2,4-7H,3H2/t4-,5-,6+,7?/m0/s1. The average Bonchev–Trinajstić information content (AvgIpc) is 2.18. The number of nitrogens with zero attached hydrogens (tertiary/aromatic N) is 2. The molecular formula is C7H8N2. The van der Waals surface area contributed by atoms with Gasteiger partial charge in [-0.25, -0.2) is 0 Å². The lowest BCUT2D eigenvalue weighted by Crippen LogP contribution is -2.33. The van der Waals surface area contributed by atoms with Crippen molar-refractivity contribution in [3.05, 3.63) is 12.2 Å². The van der Waals surface area contributed by atoms with Crippen LogP contribution in [-0.4, -0.2) is 12.1 Å². The van der Waals surface area contributed by atoms with Gasteiger partial charge >= 0.3 is 0 Å². The zero-order valence-corrected chi connectivity index (χ0v) is 5.07. The van der Waals surface area contributed by atoms with Crippen LogP contribution in [0.15, 0.2) is 22.4 Å². The van der Waals surface area contributed by atoms with Crippen LogP contribution in [0.5, 0.6) is 0 Å². The van der Waals surface area contributed by atoms with Crippen molar-refractivity contribution >= 4 is 0 Å². The molecule has 1 unspecified atom stereocenters. The van der Waals surface area contributed by atoms with Crippen LogP contribution in [-0.2, 0) is 0 Å². The van der Waals surface area contributed by atoms with E-state index in [1.165, 1.54) is 6.42 Å². The van der Waals surface area contributed by atoms with Gasteiger partial charge in [0.2, 0.25) is 0 Å². The Balaban J connectivity index is 2.10. The molecule has 1 saturated carbocycles. The van der Waals surface area contributed by atoms with Crippen molar-refractivity contribution in [1.29, 1.82) is 0 Å². The van der Waals surface area contributed by atoms with Crippen LogP contribution >= 0.6 is 0 Å². The van der Waals surface area contributed by atoms with Crippen molar-refractivity contribution in [2.24, 2.45) is 22.1 Å². The second-order valence-corrected chi connectivity index (χ2v) is 3.16. The van der Waals surface area contributed by atoms with E-state index < -0.39 is 0 Å². The number of azo groups is 1. The molecule has 0 aromatic rings. The monoisotopic (exact) mass is 120 g/mol. The van der Waals surface area contributed by atoms with Crippen LogP contribution in [0, 0.1) is 11.8 Å². The van der Waals surface area contributed by atoms with Gasteiger partial charge in [-0.2, -0.15) is 10.2 Å². The van der Waals surface area contributed by atoms with Gasteiger partial charge in [0, 0.05) is 11.8 Å². The second kappa shape index (κ2) is 1.11. The Bertz CT molecular complexity index is 183. The van der Waals surface area contributed by atoms with Gasteiger partial charge < -0.3 is 0 Å². The molecule has 9 heavy (non-hydrogen) atoms. The van der Waals surface area contributed by atoms with Crippen molar-refractivity contribution in [2.45, 2.75) is 18.5 Å². The Labute approximate surface area is 53.7 Å². The molecule has 4 atom stereocenters.